The Hall–Kier alpha value is -2.17. The van der Waals surface area contributed by atoms with E-state index in [0.29, 0.717) is 0 Å². The van der Waals surface area contributed by atoms with Gasteiger partial charge in [-0.25, -0.2) is 0 Å². The van der Waals surface area contributed by atoms with E-state index in [1.807, 2.05) is 0 Å². The Bertz CT molecular complexity index is 308. The lowest BCUT2D eigenvalue weighted by molar-refractivity contribution is -0.384. The molecule has 1 rings (SSSR count). The number of hydrogen-bond donors (Lipinski definition) is 2. The summed E-state index contributed by atoms with van der Waals surface area (Å²) in [6, 6.07) is 6.12. The van der Waals surface area contributed by atoms with E-state index in [9.17, 15) is 10.1 Å². The monoisotopic (exact) mass is 193 g/mol. The van der Waals surface area contributed by atoms with Crippen LogP contribution in [0.25, 0.3) is 0 Å². The van der Waals surface area contributed by atoms with Crippen molar-refractivity contribution in [2.75, 3.05) is 5.32 Å². The minimum Gasteiger partial charge on any atom is -0.362 e. The number of nitrogens with zero attached hydrogens (tertiary/aromatic N) is 1. The molecule has 74 valence electrons. The lowest BCUT2D eigenvalue weighted by Crippen LogP contribution is -1.89. The quantitative estimate of drug-likeness (QED) is 0.439. The van der Waals surface area contributed by atoms with Crippen LogP contribution < -0.4 is 5.32 Å². The van der Waals surface area contributed by atoms with Gasteiger partial charge < -0.3 is 10.7 Å². The summed E-state index contributed by atoms with van der Waals surface area (Å²) >= 11 is 0. The molecule has 0 saturated heterocycles. The molecule has 0 bridgehead atoms. The van der Waals surface area contributed by atoms with Crippen molar-refractivity contribution in [1.29, 1.82) is 5.41 Å². The third kappa shape index (κ3) is 3.48. The molecule has 14 heavy (non-hydrogen) atoms. The summed E-state index contributed by atoms with van der Waals surface area (Å²) in [5, 5.41) is 18.6. The van der Waals surface area contributed by atoms with Gasteiger partial charge in [0.2, 0.25) is 0 Å². The molecule has 0 unspecified atom stereocenters. The van der Waals surface area contributed by atoms with E-state index in [1.54, 1.807) is 12.1 Å². The Morgan fingerprint density at radius 3 is 2.21 bits per heavy atom. The standard InChI is InChI=1S/C8H8N2O2.CH3N/c1-2-9-7-3-5-8(6-4-7)10(11)12;1-2/h2-6,9H,1H2;2H,1H2. The molecule has 0 atom stereocenters. The van der Waals surface area contributed by atoms with Gasteiger partial charge in [-0.05, 0) is 25.1 Å². The molecule has 0 amide bonds. The number of nitro benzene ring substituents is 1. The lowest BCUT2D eigenvalue weighted by atomic mass is 10.3. The Morgan fingerprint density at radius 1 is 1.36 bits per heavy atom. The first-order valence-corrected chi connectivity index (χ1v) is 3.71. The normalized spacial score (nSPS) is 8.00. The SMILES string of the molecule is C=CNc1ccc([N+](=O)[O-])cc1.C=N. The number of rotatable bonds is 3. The zero-order valence-electron chi connectivity index (χ0n) is 7.56. The summed E-state index contributed by atoms with van der Waals surface area (Å²) in [4.78, 5) is 9.80. The summed E-state index contributed by atoms with van der Waals surface area (Å²) in [5.74, 6) is 0. The molecule has 0 aliphatic rings. The molecule has 1 aromatic carbocycles. The molecule has 1 aromatic rings. The molecule has 0 radical (unpaired) electrons. The van der Waals surface area contributed by atoms with E-state index in [-0.39, 0.29) is 5.69 Å². The van der Waals surface area contributed by atoms with Crippen molar-refractivity contribution in [3.8, 4) is 0 Å². The van der Waals surface area contributed by atoms with Gasteiger partial charge in [-0.2, -0.15) is 0 Å². The third-order valence-corrected chi connectivity index (χ3v) is 1.35. The van der Waals surface area contributed by atoms with Gasteiger partial charge in [-0.3, -0.25) is 10.1 Å². The molecule has 5 heteroatoms. The Morgan fingerprint density at radius 2 is 1.86 bits per heavy atom. The smallest absolute Gasteiger partial charge is 0.269 e. The van der Waals surface area contributed by atoms with Crippen LogP contribution in [0.5, 0.6) is 0 Å². The van der Waals surface area contributed by atoms with Crippen molar-refractivity contribution in [2.45, 2.75) is 0 Å². The van der Waals surface area contributed by atoms with Crippen LogP contribution in [0.1, 0.15) is 0 Å². The summed E-state index contributed by atoms with van der Waals surface area (Å²) in [6.45, 7) is 5.97. The zero-order chi connectivity index (χ0) is 11.0. The summed E-state index contributed by atoms with van der Waals surface area (Å²) in [5.41, 5.74) is 0.875. The highest BCUT2D eigenvalue weighted by Crippen LogP contribution is 2.14. The second-order valence-electron chi connectivity index (χ2n) is 2.15. The topological polar surface area (TPSA) is 79.0 Å². The van der Waals surface area contributed by atoms with Crippen molar-refractivity contribution in [1.82, 2.24) is 0 Å². The molecule has 5 nitrogen and oxygen atoms in total. The van der Waals surface area contributed by atoms with E-state index in [0.717, 1.165) is 5.69 Å². The van der Waals surface area contributed by atoms with Crippen molar-refractivity contribution in [3.63, 3.8) is 0 Å². The maximum Gasteiger partial charge on any atom is 0.269 e. The summed E-state index contributed by atoms with van der Waals surface area (Å²) < 4.78 is 0. The molecular formula is C9H11N3O2. The van der Waals surface area contributed by atoms with Crippen LogP contribution in [-0.4, -0.2) is 11.6 Å². The molecule has 0 aliphatic heterocycles. The van der Waals surface area contributed by atoms with Crippen molar-refractivity contribution < 1.29 is 4.92 Å². The van der Waals surface area contributed by atoms with Gasteiger partial charge in [-0.15, -0.1) is 0 Å². The molecular weight excluding hydrogens is 182 g/mol. The van der Waals surface area contributed by atoms with Gasteiger partial charge in [0.1, 0.15) is 0 Å². The molecule has 2 N–H and O–H groups in total. The highest BCUT2D eigenvalue weighted by atomic mass is 16.6. The fourth-order valence-corrected chi connectivity index (χ4v) is 0.797. The fourth-order valence-electron chi connectivity index (χ4n) is 0.797. The Balaban J connectivity index is 0.000000791. The number of nitrogens with one attached hydrogen (secondary N) is 2. The number of anilines is 1. The summed E-state index contributed by atoms with van der Waals surface area (Å²) in [7, 11) is 0. The van der Waals surface area contributed by atoms with E-state index in [2.05, 4.69) is 18.6 Å². The first kappa shape index (κ1) is 11.8. The molecule has 0 saturated carbocycles. The van der Waals surface area contributed by atoms with Crippen molar-refractivity contribution >= 4 is 18.1 Å². The van der Waals surface area contributed by atoms with Gasteiger partial charge in [-0.1, -0.05) is 6.58 Å². The summed E-state index contributed by atoms with van der Waals surface area (Å²) in [6.07, 6.45) is 1.52. The second kappa shape index (κ2) is 6.36. The largest absolute Gasteiger partial charge is 0.362 e. The molecule has 0 aromatic heterocycles. The van der Waals surface area contributed by atoms with Crippen LogP contribution >= 0.6 is 0 Å². The zero-order valence-corrected chi connectivity index (χ0v) is 7.56. The van der Waals surface area contributed by atoms with Crippen LogP contribution in [0.4, 0.5) is 11.4 Å². The van der Waals surface area contributed by atoms with E-state index < -0.39 is 4.92 Å². The van der Waals surface area contributed by atoms with Gasteiger partial charge in [0.15, 0.2) is 0 Å². The Labute approximate surface area is 81.7 Å². The lowest BCUT2D eigenvalue weighted by Gasteiger charge is -1.97. The Kier molecular flexibility index (Phi) is 5.37. The number of hydrogen-bond acceptors (Lipinski definition) is 4. The minimum absolute atomic E-state index is 0.0876. The van der Waals surface area contributed by atoms with Crippen molar-refractivity contribution in [3.05, 3.63) is 47.2 Å². The number of non-ortho nitro benzene ring substituents is 1. The maximum atomic E-state index is 10.2. The first-order chi connectivity index (χ1) is 6.74. The highest BCUT2D eigenvalue weighted by molar-refractivity contribution is 5.49. The van der Waals surface area contributed by atoms with Crippen LogP contribution in [0, 0.1) is 15.5 Å². The van der Waals surface area contributed by atoms with E-state index in [1.165, 1.54) is 18.3 Å². The van der Waals surface area contributed by atoms with Gasteiger partial charge in [0, 0.05) is 17.8 Å². The van der Waals surface area contributed by atoms with E-state index in [4.69, 9.17) is 5.41 Å². The third-order valence-electron chi connectivity index (χ3n) is 1.35. The second-order valence-corrected chi connectivity index (χ2v) is 2.15. The predicted molar refractivity (Wildman–Crippen MR) is 56.8 cm³/mol. The van der Waals surface area contributed by atoms with Crippen LogP contribution in [0.15, 0.2) is 37.0 Å². The van der Waals surface area contributed by atoms with Crippen LogP contribution in [0.2, 0.25) is 0 Å². The van der Waals surface area contributed by atoms with Gasteiger partial charge in [0.25, 0.3) is 5.69 Å². The fraction of sp³-hybridized carbons (Fsp3) is 0. The molecule has 0 aliphatic carbocycles. The van der Waals surface area contributed by atoms with Crippen LogP contribution in [0.3, 0.4) is 0 Å². The minimum atomic E-state index is -0.433. The number of nitro groups is 1. The van der Waals surface area contributed by atoms with Gasteiger partial charge in [0.05, 0.1) is 4.92 Å². The average molecular weight is 193 g/mol. The molecule has 0 spiro atoms. The molecule has 0 heterocycles. The molecule has 0 fully saturated rings. The van der Waals surface area contributed by atoms with Gasteiger partial charge >= 0.3 is 0 Å². The average Bonchev–Trinajstić information content (AvgIpc) is 2.22. The van der Waals surface area contributed by atoms with Crippen molar-refractivity contribution in [2.24, 2.45) is 0 Å². The predicted octanol–water partition coefficient (Wildman–Crippen LogP) is 2.42. The maximum absolute atomic E-state index is 10.2. The number of benzene rings is 1. The first-order valence-electron chi connectivity index (χ1n) is 3.71. The highest BCUT2D eigenvalue weighted by Gasteiger charge is 2.02. The van der Waals surface area contributed by atoms with E-state index >= 15 is 0 Å². The van der Waals surface area contributed by atoms with Crippen LogP contribution in [-0.2, 0) is 0 Å².